The Balaban J connectivity index is 1.85. The molecule has 2 aromatic heterocycles. The molecule has 0 aliphatic rings. The van der Waals surface area contributed by atoms with Gasteiger partial charge in [0.25, 0.3) is 0 Å². The van der Waals surface area contributed by atoms with Crippen LogP contribution >= 0.6 is 0 Å². The fraction of sp³-hybridized carbons (Fsp3) is 0.250. The minimum atomic E-state index is 0.467. The van der Waals surface area contributed by atoms with Gasteiger partial charge in [-0.05, 0) is 18.6 Å². The van der Waals surface area contributed by atoms with Gasteiger partial charge in [0.1, 0.15) is 11.9 Å². The summed E-state index contributed by atoms with van der Waals surface area (Å²) in [5.41, 5.74) is 6.53. The summed E-state index contributed by atoms with van der Waals surface area (Å²) in [6.45, 7) is 1.56. The molecule has 0 aliphatic carbocycles. The Morgan fingerprint density at radius 3 is 3.11 bits per heavy atom. The number of hydrogen-bond donors (Lipinski definition) is 2. The zero-order valence-electron chi connectivity index (χ0n) is 9.87. The lowest BCUT2D eigenvalue weighted by Crippen LogP contribution is -2.09. The van der Waals surface area contributed by atoms with E-state index < -0.39 is 0 Å². The van der Waals surface area contributed by atoms with Crippen LogP contribution in [0, 0.1) is 11.3 Å². The number of aryl methyl sites for hydroxylation is 1. The van der Waals surface area contributed by atoms with Crippen molar-refractivity contribution in [1.82, 2.24) is 14.8 Å². The van der Waals surface area contributed by atoms with Crippen LogP contribution in [0.4, 0.5) is 11.5 Å². The first kappa shape index (κ1) is 11.9. The third kappa shape index (κ3) is 2.98. The lowest BCUT2D eigenvalue weighted by Gasteiger charge is -2.07. The highest BCUT2D eigenvalue weighted by atomic mass is 15.3. The van der Waals surface area contributed by atoms with Crippen LogP contribution in [0.5, 0.6) is 0 Å². The van der Waals surface area contributed by atoms with Crippen LogP contribution in [0.15, 0.2) is 30.7 Å². The fourth-order valence-corrected chi connectivity index (χ4v) is 1.59. The summed E-state index contributed by atoms with van der Waals surface area (Å²) in [6, 6.07) is 5.57. The third-order valence-corrected chi connectivity index (χ3v) is 2.44. The number of pyridine rings is 1. The molecule has 2 aromatic rings. The van der Waals surface area contributed by atoms with E-state index in [2.05, 4.69) is 21.5 Å². The highest BCUT2D eigenvalue weighted by molar-refractivity contribution is 5.57. The van der Waals surface area contributed by atoms with Crippen LogP contribution in [-0.2, 0) is 6.54 Å². The molecule has 0 aliphatic heterocycles. The Morgan fingerprint density at radius 1 is 1.50 bits per heavy atom. The van der Waals surface area contributed by atoms with E-state index in [0.29, 0.717) is 17.1 Å². The van der Waals surface area contributed by atoms with Gasteiger partial charge in [-0.3, -0.25) is 4.68 Å². The minimum absolute atomic E-state index is 0.467. The van der Waals surface area contributed by atoms with Gasteiger partial charge in [0.05, 0.1) is 17.4 Å². The molecule has 92 valence electrons. The molecule has 2 heterocycles. The first-order chi connectivity index (χ1) is 8.79. The summed E-state index contributed by atoms with van der Waals surface area (Å²) in [5, 5.41) is 16.2. The van der Waals surface area contributed by atoms with Crippen LogP contribution in [-0.4, -0.2) is 21.3 Å². The van der Waals surface area contributed by atoms with E-state index in [-0.39, 0.29) is 0 Å². The molecule has 0 radical (unpaired) electrons. The second kappa shape index (κ2) is 5.68. The van der Waals surface area contributed by atoms with Gasteiger partial charge < -0.3 is 11.1 Å². The number of nitriles is 1. The molecule has 2 rings (SSSR count). The van der Waals surface area contributed by atoms with E-state index in [1.807, 2.05) is 16.9 Å². The van der Waals surface area contributed by atoms with Gasteiger partial charge in [-0.2, -0.15) is 10.4 Å². The van der Waals surface area contributed by atoms with Crippen LogP contribution < -0.4 is 11.1 Å². The second-order valence-corrected chi connectivity index (χ2v) is 3.83. The van der Waals surface area contributed by atoms with Gasteiger partial charge >= 0.3 is 0 Å². The van der Waals surface area contributed by atoms with E-state index in [1.165, 1.54) is 6.20 Å². The van der Waals surface area contributed by atoms with E-state index in [1.54, 1.807) is 12.3 Å². The topological polar surface area (TPSA) is 92.5 Å². The molecule has 0 saturated carbocycles. The second-order valence-electron chi connectivity index (χ2n) is 3.83. The normalized spacial score (nSPS) is 9.94. The van der Waals surface area contributed by atoms with Crippen molar-refractivity contribution < 1.29 is 0 Å². The SMILES string of the molecule is N#Cc1cc(N)cnc1NCCCn1cccn1. The van der Waals surface area contributed by atoms with Crippen molar-refractivity contribution >= 4 is 11.5 Å². The first-order valence-corrected chi connectivity index (χ1v) is 5.66. The highest BCUT2D eigenvalue weighted by Gasteiger charge is 2.03. The zero-order chi connectivity index (χ0) is 12.8. The summed E-state index contributed by atoms with van der Waals surface area (Å²) >= 11 is 0. The molecule has 0 bridgehead atoms. The molecule has 6 heteroatoms. The average molecular weight is 242 g/mol. The summed E-state index contributed by atoms with van der Waals surface area (Å²) in [4.78, 5) is 4.10. The van der Waals surface area contributed by atoms with E-state index in [4.69, 9.17) is 11.0 Å². The maximum atomic E-state index is 8.95. The van der Waals surface area contributed by atoms with Gasteiger partial charge in [0, 0.05) is 25.5 Å². The van der Waals surface area contributed by atoms with Crippen molar-refractivity contribution in [2.24, 2.45) is 0 Å². The molecule has 18 heavy (non-hydrogen) atoms. The molecule has 3 N–H and O–H groups in total. The number of nitrogen functional groups attached to an aromatic ring is 1. The minimum Gasteiger partial charge on any atom is -0.397 e. The fourth-order valence-electron chi connectivity index (χ4n) is 1.59. The third-order valence-electron chi connectivity index (χ3n) is 2.44. The lowest BCUT2D eigenvalue weighted by molar-refractivity contribution is 0.591. The van der Waals surface area contributed by atoms with Gasteiger partial charge in [-0.25, -0.2) is 4.98 Å². The van der Waals surface area contributed by atoms with Crippen LogP contribution in [0.3, 0.4) is 0 Å². The van der Waals surface area contributed by atoms with Gasteiger partial charge in [0.2, 0.25) is 0 Å². The average Bonchev–Trinajstić information content (AvgIpc) is 2.89. The maximum absolute atomic E-state index is 8.95. The number of rotatable bonds is 5. The van der Waals surface area contributed by atoms with E-state index in [0.717, 1.165) is 19.5 Å². The Labute approximate surface area is 105 Å². The summed E-state index contributed by atoms with van der Waals surface area (Å²) in [5.74, 6) is 0.576. The van der Waals surface area contributed by atoms with Crippen LogP contribution in [0.2, 0.25) is 0 Å². The Bertz CT molecular complexity index is 540. The Kier molecular flexibility index (Phi) is 3.76. The molecule has 0 fully saturated rings. The molecular weight excluding hydrogens is 228 g/mol. The molecule has 0 atom stereocenters. The van der Waals surface area contributed by atoms with Crippen LogP contribution in [0.1, 0.15) is 12.0 Å². The molecule has 0 unspecified atom stereocenters. The van der Waals surface area contributed by atoms with Crippen molar-refractivity contribution in [2.75, 3.05) is 17.6 Å². The number of nitrogens with one attached hydrogen (secondary N) is 1. The monoisotopic (exact) mass is 242 g/mol. The van der Waals surface area contributed by atoms with Crippen molar-refractivity contribution in [3.63, 3.8) is 0 Å². The summed E-state index contributed by atoms with van der Waals surface area (Å²) in [6.07, 6.45) is 6.11. The predicted octanol–water partition coefficient (Wildman–Crippen LogP) is 1.23. The predicted molar refractivity (Wildman–Crippen MR) is 68.7 cm³/mol. The molecule has 0 spiro atoms. The van der Waals surface area contributed by atoms with Gasteiger partial charge in [-0.1, -0.05) is 0 Å². The first-order valence-electron chi connectivity index (χ1n) is 5.66. The number of anilines is 2. The number of hydrogen-bond acceptors (Lipinski definition) is 5. The van der Waals surface area contributed by atoms with Gasteiger partial charge in [-0.15, -0.1) is 0 Å². The van der Waals surface area contributed by atoms with Crippen molar-refractivity contribution in [1.29, 1.82) is 5.26 Å². The lowest BCUT2D eigenvalue weighted by atomic mass is 10.2. The van der Waals surface area contributed by atoms with Crippen LogP contribution in [0.25, 0.3) is 0 Å². The van der Waals surface area contributed by atoms with Gasteiger partial charge in [0.15, 0.2) is 0 Å². The molecule has 0 saturated heterocycles. The molecular formula is C12H14N6. The number of nitrogens with two attached hydrogens (primary N) is 1. The number of aromatic nitrogens is 3. The smallest absolute Gasteiger partial charge is 0.144 e. The quantitative estimate of drug-likeness (QED) is 0.769. The largest absolute Gasteiger partial charge is 0.397 e. The summed E-state index contributed by atoms with van der Waals surface area (Å²) in [7, 11) is 0. The summed E-state index contributed by atoms with van der Waals surface area (Å²) < 4.78 is 1.86. The Morgan fingerprint density at radius 2 is 2.39 bits per heavy atom. The number of nitrogens with zero attached hydrogens (tertiary/aromatic N) is 4. The molecule has 0 amide bonds. The van der Waals surface area contributed by atoms with E-state index >= 15 is 0 Å². The molecule has 0 aromatic carbocycles. The maximum Gasteiger partial charge on any atom is 0.144 e. The van der Waals surface area contributed by atoms with Crippen molar-refractivity contribution in [3.8, 4) is 6.07 Å². The zero-order valence-corrected chi connectivity index (χ0v) is 9.87. The highest BCUT2D eigenvalue weighted by Crippen LogP contribution is 2.13. The molecule has 6 nitrogen and oxygen atoms in total. The van der Waals surface area contributed by atoms with Crippen molar-refractivity contribution in [2.45, 2.75) is 13.0 Å². The van der Waals surface area contributed by atoms with E-state index in [9.17, 15) is 0 Å². The van der Waals surface area contributed by atoms with Crippen molar-refractivity contribution in [3.05, 3.63) is 36.3 Å². The standard InChI is InChI=1S/C12H14N6/c13-8-10-7-11(14)9-16-12(10)15-3-1-5-18-6-2-4-17-18/h2,4,6-7,9H,1,3,5,14H2,(H,15,16). The Hall–Kier alpha value is -2.55.